The van der Waals surface area contributed by atoms with Gasteiger partial charge in [-0.25, -0.2) is 0 Å². The van der Waals surface area contributed by atoms with Crippen LogP contribution in [-0.4, -0.2) is 14.8 Å². The molecule has 0 amide bonds. The summed E-state index contributed by atoms with van der Waals surface area (Å²) in [5.74, 6) is 1.03. The fraction of sp³-hybridized carbons (Fsp3) is 0.556. The van der Waals surface area contributed by atoms with Crippen molar-refractivity contribution in [1.82, 2.24) is 14.8 Å². The van der Waals surface area contributed by atoms with Crippen LogP contribution in [0.4, 0.5) is 0 Å². The van der Waals surface area contributed by atoms with Crippen molar-refractivity contribution >= 4 is 12.2 Å². The SMILES string of the molecule is C=CCn1c(CCCC)n[nH]c1=S. The summed E-state index contributed by atoms with van der Waals surface area (Å²) in [6.45, 7) is 6.60. The highest BCUT2D eigenvalue weighted by molar-refractivity contribution is 7.71. The molecule has 0 aliphatic carbocycles. The lowest BCUT2D eigenvalue weighted by molar-refractivity contribution is 0.682. The van der Waals surface area contributed by atoms with Gasteiger partial charge in [0.1, 0.15) is 5.82 Å². The number of H-pyrrole nitrogens is 1. The van der Waals surface area contributed by atoms with Crippen LogP contribution in [-0.2, 0) is 13.0 Å². The first-order valence-electron chi connectivity index (χ1n) is 4.54. The van der Waals surface area contributed by atoms with Crippen LogP contribution in [0.2, 0.25) is 0 Å². The predicted molar refractivity (Wildman–Crippen MR) is 56.2 cm³/mol. The summed E-state index contributed by atoms with van der Waals surface area (Å²) in [4.78, 5) is 0. The number of aryl methyl sites for hydroxylation is 1. The Balaban J connectivity index is 2.80. The van der Waals surface area contributed by atoms with Gasteiger partial charge in [-0.2, -0.15) is 5.10 Å². The number of allylic oxidation sites excluding steroid dienone is 1. The van der Waals surface area contributed by atoms with Crippen LogP contribution in [0.5, 0.6) is 0 Å². The Kier molecular flexibility index (Phi) is 3.89. The van der Waals surface area contributed by atoms with Crippen molar-refractivity contribution in [2.24, 2.45) is 0 Å². The summed E-state index contributed by atoms with van der Waals surface area (Å²) in [5, 5.41) is 6.97. The fourth-order valence-electron chi connectivity index (χ4n) is 1.19. The average molecular weight is 197 g/mol. The number of hydrogen-bond acceptors (Lipinski definition) is 2. The molecule has 0 bridgehead atoms. The van der Waals surface area contributed by atoms with Crippen LogP contribution in [0, 0.1) is 4.77 Å². The molecule has 0 aliphatic rings. The van der Waals surface area contributed by atoms with E-state index in [-0.39, 0.29) is 0 Å². The minimum atomic E-state index is 0.686. The van der Waals surface area contributed by atoms with Gasteiger partial charge in [0.15, 0.2) is 4.77 Å². The molecule has 0 radical (unpaired) electrons. The zero-order valence-corrected chi connectivity index (χ0v) is 8.73. The number of aromatic nitrogens is 3. The molecule has 0 saturated heterocycles. The second kappa shape index (κ2) is 4.97. The van der Waals surface area contributed by atoms with Crippen molar-refractivity contribution < 1.29 is 0 Å². The minimum Gasteiger partial charge on any atom is -0.300 e. The average Bonchev–Trinajstić information content (AvgIpc) is 2.46. The number of nitrogens with one attached hydrogen (secondary N) is 1. The van der Waals surface area contributed by atoms with Gasteiger partial charge in [0, 0.05) is 13.0 Å². The van der Waals surface area contributed by atoms with Gasteiger partial charge >= 0.3 is 0 Å². The zero-order chi connectivity index (χ0) is 9.68. The highest BCUT2D eigenvalue weighted by Crippen LogP contribution is 2.03. The fourth-order valence-corrected chi connectivity index (χ4v) is 1.42. The predicted octanol–water partition coefficient (Wildman–Crippen LogP) is 2.47. The Bertz CT molecular complexity index is 324. The van der Waals surface area contributed by atoms with Crippen molar-refractivity contribution in [1.29, 1.82) is 0 Å². The molecule has 1 N–H and O–H groups in total. The number of rotatable bonds is 5. The molecule has 1 rings (SSSR count). The molecule has 3 nitrogen and oxygen atoms in total. The zero-order valence-electron chi connectivity index (χ0n) is 7.92. The van der Waals surface area contributed by atoms with E-state index in [4.69, 9.17) is 12.2 Å². The monoisotopic (exact) mass is 197 g/mol. The third-order valence-electron chi connectivity index (χ3n) is 1.90. The van der Waals surface area contributed by atoms with Crippen molar-refractivity contribution in [3.8, 4) is 0 Å². The number of hydrogen-bond donors (Lipinski definition) is 1. The van der Waals surface area contributed by atoms with E-state index >= 15 is 0 Å². The summed E-state index contributed by atoms with van der Waals surface area (Å²) < 4.78 is 2.67. The summed E-state index contributed by atoms with van der Waals surface area (Å²) >= 11 is 5.09. The Morgan fingerprint density at radius 3 is 3.08 bits per heavy atom. The summed E-state index contributed by atoms with van der Waals surface area (Å²) in [6, 6.07) is 0. The first-order chi connectivity index (χ1) is 6.29. The van der Waals surface area contributed by atoms with Crippen LogP contribution in [0.25, 0.3) is 0 Å². The maximum Gasteiger partial charge on any atom is 0.195 e. The summed E-state index contributed by atoms with van der Waals surface area (Å²) in [6.07, 6.45) is 5.14. The maximum atomic E-state index is 5.09. The number of unbranched alkanes of at least 4 members (excludes halogenated alkanes) is 1. The summed E-state index contributed by atoms with van der Waals surface area (Å²) in [5.41, 5.74) is 0. The second-order valence-corrected chi connectivity index (χ2v) is 3.33. The van der Waals surface area contributed by atoms with Gasteiger partial charge in [0.25, 0.3) is 0 Å². The molecule has 0 aliphatic heterocycles. The highest BCUT2D eigenvalue weighted by Gasteiger charge is 2.02. The van der Waals surface area contributed by atoms with Crippen molar-refractivity contribution in [2.75, 3.05) is 0 Å². The third-order valence-corrected chi connectivity index (χ3v) is 2.21. The van der Waals surface area contributed by atoms with Gasteiger partial charge in [-0.15, -0.1) is 6.58 Å². The van der Waals surface area contributed by atoms with E-state index in [2.05, 4.69) is 23.7 Å². The smallest absolute Gasteiger partial charge is 0.195 e. The molecular formula is C9H15N3S. The van der Waals surface area contributed by atoms with Gasteiger partial charge in [-0.3, -0.25) is 5.10 Å². The standard InChI is InChI=1S/C9H15N3S/c1-3-5-6-8-10-11-9(13)12(8)7-4-2/h4H,2-3,5-7H2,1H3,(H,11,13). The van der Waals surface area contributed by atoms with Crippen LogP contribution < -0.4 is 0 Å². The minimum absolute atomic E-state index is 0.686. The molecule has 0 aromatic carbocycles. The van der Waals surface area contributed by atoms with E-state index in [1.165, 1.54) is 6.42 Å². The van der Waals surface area contributed by atoms with E-state index < -0.39 is 0 Å². The highest BCUT2D eigenvalue weighted by atomic mass is 32.1. The maximum absolute atomic E-state index is 5.09. The molecule has 0 fully saturated rings. The molecule has 13 heavy (non-hydrogen) atoms. The van der Waals surface area contributed by atoms with Crippen molar-refractivity contribution in [2.45, 2.75) is 32.7 Å². The van der Waals surface area contributed by atoms with Gasteiger partial charge in [0.2, 0.25) is 0 Å². The molecule has 1 aromatic rings. The molecule has 0 spiro atoms. The lowest BCUT2D eigenvalue weighted by Gasteiger charge is -2.01. The quantitative estimate of drug-likeness (QED) is 0.581. The molecule has 72 valence electrons. The van der Waals surface area contributed by atoms with E-state index in [1.54, 1.807) is 0 Å². The van der Waals surface area contributed by atoms with Gasteiger partial charge in [-0.1, -0.05) is 19.4 Å². The van der Waals surface area contributed by atoms with Gasteiger partial charge in [0.05, 0.1) is 0 Å². The van der Waals surface area contributed by atoms with E-state index in [1.807, 2.05) is 10.6 Å². The Hall–Kier alpha value is -0.900. The van der Waals surface area contributed by atoms with E-state index in [9.17, 15) is 0 Å². The molecule has 0 atom stereocenters. The van der Waals surface area contributed by atoms with Crippen LogP contribution in [0.3, 0.4) is 0 Å². The van der Waals surface area contributed by atoms with Crippen LogP contribution in [0.1, 0.15) is 25.6 Å². The first kappa shape index (κ1) is 10.2. The molecule has 0 saturated carbocycles. The Morgan fingerprint density at radius 2 is 2.46 bits per heavy atom. The molecule has 1 heterocycles. The molecular weight excluding hydrogens is 182 g/mol. The van der Waals surface area contributed by atoms with Crippen LogP contribution in [0.15, 0.2) is 12.7 Å². The van der Waals surface area contributed by atoms with E-state index in [0.29, 0.717) is 4.77 Å². The molecule has 4 heteroatoms. The topological polar surface area (TPSA) is 33.6 Å². The lowest BCUT2D eigenvalue weighted by Crippen LogP contribution is -2.02. The summed E-state index contributed by atoms with van der Waals surface area (Å²) in [7, 11) is 0. The Labute approximate surface area is 83.5 Å². The van der Waals surface area contributed by atoms with Crippen molar-refractivity contribution in [3.63, 3.8) is 0 Å². The molecule has 0 unspecified atom stereocenters. The van der Waals surface area contributed by atoms with Gasteiger partial charge < -0.3 is 4.57 Å². The van der Waals surface area contributed by atoms with Crippen LogP contribution >= 0.6 is 12.2 Å². The van der Waals surface area contributed by atoms with Gasteiger partial charge in [-0.05, 0) is 18.6 Å². The second-order valence-electron chi connectivity index (χ2n) is 2.95. The molecule has 1 aromatic heterocycles. The lowest BCUT2D eigenvalue weighted by atomic mass is 10.2. The number of aromatic amines is 1. The normalized spacial score (nSPS) is 10.2. The Morgan fingerprint density at radius 1 is 1.69 bits per heavy atom. The van der Waals surface area contributed by atoms with E-state index in [0.717, 1.165) is 25.2 Å². The third kappa shape index (κ3) is 2.52. The van der Waals surface area contributed by atoms with Crippen molar-refractivity contribution in [3.05, 3.63) is 23.3 Å². The first-order valence-corrected chi connectivity index (χ1v) is 4.95. The number of nitrogens with zero attached hydrogens (tertiary/aromatic N) is 2. The largest absolute Gasteiger partial charge is 0.300 e.